The van der Waals surface area contributed by atoms with Crippen LogP contribution in [-0.4, -0.2) is 34.5 Å². The Morgan fingerprint density at radius 1 is 1.35 bits per heavy atom. The van der Waals surface area contributed by atoms with Gasteiger partial charge in [-0.2, -0.15) is 0 Å². The van der Waals surface area contributed by atoms with Crippen molar-refractivity contribution in [2.24, 2.45) is 0 Å². The van der Waals surface area contributed by atoms with Gasteiger partial charge in [0.05, 0.1) is 18.8 Å². The second-order valence-electron chi connectivity index (χ2n) is 5.29. The molecule has 5 heteroatoms. The molecule has 1 fully saturated rings. The van der Waals surface area contributed by atoms with Crippen LogP contribution in [0.15, 0.2) is 35.2 Å². The Morgan fingerprint density at radius 3 is 2.95 bits per heavy atom. The Labute approximate surface area is 119 Å². The number of hydrogen-bond donors (Lipinski definition) is 2. The van der Waals surface area contributed by atoms with Gasteiger partial charge in [0, 0.05) is 18.9 Å². The van der Waals surface area contributed by atoms with Crippen LogP contribution in [-0.2, 0) is 6.54 Å². The summed E-state index contributed by atoms with van der Waals surface area (Å²) in [5.41, 5.74) is 0. The molecule has 0 radical (unpaired) electrons. The lowest BCUT2D eigenvalue weighted by Gasteiger charge is -2.33. The predicted octanol–water partition coefficient (Wildman–Crippen LogP) is 2.32. The SMILES string of the molecule is c1coc(C(CNCc2ncc[nH]2)N2CCCCC2)c1. The molecular formula is C15H22N4O. The van der Waals surface area contributed by atoms with E-state index in [0.29, 0.717) is 6.04 Å². The van der Waals surface area contributed by atoms with Gasteiger partial charge >= 0.3 is 0 Å². The van der Waals surface area contributed by atoms with Crippen LogP contribution < -0.4 is 5.32 Å². The van der Waals surface area contributed by atoms with E-state index in [1.54, 1.807) is 12.5 Å². The van der Waals surface area contributed by atoms with Gasteiger partial charge in [-0.3, -0.25) is 4.90 Å². The lowest BCUT2D eigenvalue weighted by atomic mass is 10.1. The first-order chi connectivity index (χ1) is 9.93. The summed E-state index contributed by atoms with van der Waals surface area (Å²) in [4.78, 5) is 9.87. The van der Waals surface area contributed by atoms with Crippen LogP contribution in [0.5, 0.6) is 0 Å². The summed E-state index contributed by atoms with van der Waals surface area (Å²) >= 11 is 0. The third-order valence-electron chi connectivity index (χ3n) is 3.89. The summed E-state index contributed by atoms with van der Waals surface area (Å²) in [5, 5.41) is 3.48. The first-order valence-corrected chi connectivity index (χ1v) is 7.40. The smallest absolute Gasteiger partial charge is 0.122 e. The zero-order valence-corrected chi connectivity index (χ0v) is 11.7. The number of hydrogen-bond acceptors (Lipinski definition) is 4. The topological polar surface area (TPSA) is 57.1 Å². The molecular weight excluding hydrogens is 252 g/mol. The molecule has 0 aliphatic carbocycles. The van der Waals surface area contributed by atoms with Crippen molar-refractivity contribution >= 4 is 0 Å². The normalized spacial score (nSPS) is 18.2. The Balaban J connectivity index is 1.60. The van der Waals surface area contributed by atoms with E-state index in [1.165, 1.54) is 19.3 Å². The Kier molecular flexibility index (Phi) is 4.50. The maximum absolute atomic E-state index is 5.63. The first kappa shape index (κ1) is 13.4. The molecule has 1 aliphatic heterocycles. The molecule has 1 atom stereocenters. The molecule has 1 aliphatic rings. The number of nitrogens with zero attached hydrogens (tertiary/aromatic N) is 2. The molecule has 1 saturated heterocycles. The zero-order valence-electron chi connectivity index (χ0n) is 11.7. The monoisotopic (exact) mass is 274 g/mol. The number of rotatable bonds is 6. The van der Waals surface area contributed by atoms with E-state index in [2.05, 4.69) is 26.3 Å². The van der Waals surface area contributed by atoms with E-state index in [9.17, 15) is 0 Å². The van der Waals surface area contributed by atoms with Crippen molar-refractivity contribution < 1.29 is 4.42 Å². The van der Waals surface area contributed by atoms with Gasteiger partial charge in [-0.1, -0.05) is 6.42 Å². The third-order valence-corrected chi connectivity index (χ3v) is 3.89. The standard InChI is InChI=1S/C15H22N4O/c1-2-8-19(9-3-1)13(14-5-4-10-20-14)11-16-12-15-17-6-7-18-15/h4-7,10,13,16H,1-3,8-9,11-12H2,(H,17,18). The molecule has 108 valence electrons. The summed E-state index contributed by atoms with van der Waals surface area (Å²) < 4.78 is 5.63. The largest absolute Gasteiger partial charge is 0.468 e. The van der Waals surface area contributed by atoms with Crippen molar-refractivity contribution in [3.8, 4) is 0 Å². The second-order valence-corrected chi connectivity index (χ2v) is 5.29. The first-order valence-electron chi connectivity index (χ1n) is 7.40. The molecule has 3 heterocycles. The van der Waals surface area contributed by atoms with Gasteiger partial charge in [0.15, 0.2) is 0 Å². The van der Waals surface area contributed by atoms with Crippen molar-refractivity contribution in [3.63, 3.8) is 0 Å². The van der Waals surface area contributed by atoms with E-state index in [-0.39, 0.29) is 0 Å². The van der Waals surface area contributed by atoms with Gasteiger partial charge in [-0.15, -0.1) is 0 Å². The minimum Gasteiger partial charge on any atom is -0.468 e. The molecule has 0 bridgehead atoms. The molecule has 2 N–H and O–H groups in total. The Bertz CT molecular complexity index is 474. The highest BCUT2D eigenvalue weighted by Gasteiger charge is 2.23. The minimum atomic E-state index is 0.320. The highest BCUT2D eigenvalue weighted by Crippen LogP contribution is 2.24. The molecule has 2 aromatic rings. The van der Waals surface area contributed by atoms with E-state index >= 15 is 0 Å². The highest BCUT2D eigenvalue weighted by molar-refractivity contribution is 5.06. The Hall–Kier alpha value is -1.59. The van der Waals surface area contributed by atoms with Crippen LogP contribution in [0.1, 0.15) is 36.9 Å². The number of imidazole rings is 1. The van der Waals surface area contributed by atoms with Gasteiger partial charge < -0.3 is 14.7 Å². The molecule has 5 nitrogen and oxygen atoms in total. The fourth-order valence-corrected chi connectivity index (χ4v) is 2.84. The molecule has 0 spiro atoms. The van der Waals surface area contributed by atoms with Crippen molar-refractivity contribution in [3.05, 3.63) is 42.4 Å². The number of furan rings is 1. The van der Waals surface area contributed by atoms with Crippen LogP contribution in [0.4, 0.5) is 0 Å². The van der Waals surface area contributed by atoms with Crippen LogP contribution in [0.2, 0.25) is 0 Å². The van der Waals surface area contributed by atoms with Gasteiger partial charge in [-0.25, -0.2) is 4.98 Å². The fraction of sp³-hybridized carbons (Fsp3) is 0.533. The number of H-pyrrole nitrogens is 1. The third kappa shape index (κ3) is 3.29. The fourth-order valence-electron chi connectivity index (χ4n) is 2.84. The van der Waals surface area contributed by atoms with E-state index < -0.39 is 0 Å². The summed E-state index contributed by atoms with van der Waals surface area (Å²) in [6.07, 6.45) is 9.32. The lowest BCUT2D eigenvalue weighted by molar-refractivity contribution is 0.142. The average molecular weight is 274 g/mol. The summed E-state index contributed by atoms with van der Waals surface area (Å²) in [7, 11) is 0. The minimum absolute atomic E-state index is 0.320. The highest BCUT2D eigenvalue weighted by atomic mass is 16.3. The molecule has 1 unspecified atom stereocenters. The molecule has 3 rings (SSSR count). The van der Waals surface area contributed by atoms with Gasteiger partial charge in [-0.05, 0) is 38.1 Å². The molecule has 2 aromatic heterocycles. The predicted molar refractivity (Wildman–Crippen MR) is 77.2 cm³/mol. The number of aromatic nitrogens is 2. The van der Waals surface area contributed by atoms with E-state index in [0.717, 1.165) is 37.8 Å². The molecule has 0 saturated carbocycles. The maximum atomic E-state index is 5.63. The van der Waals surface area contributed by atoms with Gasteiger partial charge in [0.1, 0.15) is 11.6 Å². The van der Waals surface area contributed by atoms with Crippen LogP contribution in [0.25, 0.3) is 0 Å². The lowest BCUT2D eigenvalue weighted by Crippen LogP contribution is -2.38. The van der Waals surface area contributed by atoms with E-state index in [1.807, 2.05) is 12.3 Å². The van der Waals surface area contributed by atoms with Crippen LogP contribution >= 0.6 is 0 Å². The maximum Gasteiger partial charge on any atom is 0.122 e. The molecule has 0 amide bonds. The zero-order chi connectivity index (χ0) is 13.6. The van der Waals surface area contributed by atoms with Crippen LogP contribution in [0, 0.1) is 0 Å². The van der Waals surface area contributed by atoms with Gasteiger partial charge in [0.25, 0.3) is 0 Å². The summed E-state index contributed by atoms with van der Waals surface area (Å²) in [6.45, 7) is 3.97. The van der Waals surface area contributed by atoms with Gasteiger partial charge in [0.2, 0.25) is 0 Å². The Morgan fingerprint density at radius 2 is 2.25 bits per heavy atom. The number of nitrogens with one attached hydrogen (secondary N) is 2. The molecule has 20 heavy (non-hydrogen) atoms. The van der Waals surface area contributed by atoms with Crippen molar-refractivity contribution in [2.75, 3.05) is 19.6 Å². The van der Waals surface area contributed by atoms with Crippen LogP contribution in [0.3, 0.4) is 0 Å². The van der Waals surface area contributed by atoms with Crippen molar-refractivity contribution in [1.29, 1.82) is 0 Å². The van der Waals surface area contributed by atoms with Crippen molar-refractivity contribution in [1.82, 2.24) is 20.2 Å². The summed E-state index contributed by atoms with van der Waals surface area (Å²) in [5.74, 6) is 2.03. The van der Waals surface area contributed by atoms with E-state index in [4.69, 9.17) is 4.42 Å². The number of aromatic amines is 1. The summed E-state index contributed by atoms with van der Waals surface area (Å²) in [6, 6.07) is 4.37. The average Bonchev–Trinajstić information content (AvgIpc) is 3.18. The number of likely N-dealkylation sites (tertiary alicyclic amines) is 1. The number of piperidine rings is 1. The second kappa shape index (κ2) is 6.72. The molecule has 0 aromatic carbocycles. The van der Waals surface area contributed by atoms with Crippen molar-refractivity contribution in [2.45, 2.75) is 31.8 Å². The quantitative estimate of drug-likeness (QED) is 0.849.